The van der Waals surface area contributed by atoms with Crippen LogP contribution in [0.5, 0.6) is 5.75 Å². The summed E-state index contributed by atoms with van der Waals surface area (Å²) in [5.74, 6) is 0.674. The molecule has 0 aliphatic rings. The van der Waals surface area contributed by atoms with E-state index < -0.39 is 16.3 Å². The minimum Gasteiger partial charge on any atom is -0.370 e. The molecule has 1 amide bonds. The number of thioether (sulfide) groups is 1. The van der Waals surface area contributed by atoms with Gasteiger partial charge in [-0.05, 0) is 42.4 Å². The number of benzene rings is 1. The smallest absolute Gasteiger partial charge is 0.370 e. The second kappa shape index (κ2) is 9.59. The van der Waals surface area contributed by atoms with Crippen LogP contribution in [0.1, 0.15) is 57.1 Å². The Morgan fingerprint density at radius 2 is 1.69 bits per heavy atom. The minimum atomic E-state index is -4.16. The third kappa shape index (κ3) is 6.79. The summed E-state index contributed by atoms with van der Waals surface area (Å²) in [6.07, 6.45) is 2.53. The van der Waals surface area contributed by atoms with Gasteiger partial charge in [0.25, 0.3) is 0 Å². The third-order valence-corrected chi connectivity index (χ3v) is 4.87. The molecule has 0 aliphatic carbocycles. The lowest BCUT2D eigenvalue weighted by Gasteiger charge is -2.21. The summed E-state index contributed by atoms with van der Waals surface area (Å²) in [6, 6.07) is 2.81. The molecule has 0 aromatic heterocycles. The maximum atomic E-state index is 12.3. The normalized spacial score (nSPS) is 13.1. The van der Waals surface area contributed by atoms with E-state index in [-0.39, 0.29) is 23.5 Å². The zero-order valence-electron chi connectivity index (χ0n) is 15.9. The fourth-order valence-electron chi connectivity index (χ4n) is 2.43. The summed E-state index contributed by atoms with van der Waals surface area (Å²) in [6.45, 7) is 7.63. The highest BCUT2D eigenvalue weighted by Crippen LogP contribution is 2.38. The zero-order chi connectivity index (χ0) is 20.1. The van der Waals surface area contributed by atoms with Crippen molar-refractivity contribution in [3.8, 4) is 5.75 Å². The van der Waals surface area contributed by atoms with Crippen LogP contribution in [0.3, 0.4) is 0 Å². The van der Waals surface area contributed by atoms with Crippen molar-refractivity contribution in [1.82, 2.24) is 0 Å². The van der Waals surface area contributed by atoms with Crippen molar-refractivity contribution < 1.29 is 17.4 Å². The lowest BCUT2D eigenvalue weighted by Crippen LogP contribution is -2.36. The van der Waals surface area contributed by atoms with Crippen molar-refractivity contribution in [2.45, 2.75) is 52.0 Å². The van der Waals surface area contributed by atoms with Crippen LogP contribution in [-0.2, 0) is 15.1 Å². The predicted octanol–water partition coefficient (Wildman–Crippen LogP) is 2.53. The van der Waals surface area contributed by atoms with Crippen molar-refractivity contribution in [2.24, 2.45) is 10.9 Å². The molecular formula is C17H29N3O4S2. The van der Waals surface area contributed by atoms with Crippen LogP contribution in [0.2, 0.25) is 0 Å². The molecular weight excluding hydrogens is 374 g/mol. The average Bonchev–Trinajstić information content (AvgIpc) is 2.51. The molecule has 0 saturated heterocycles. The van der Waals surface area contributed by atoms with Gasteiger partial charge in [-0.15, -0.1) is 0 Å². The zero-order valence-corrected chi connectivity index (χ0v) is 17.5. The van der Waals surface area contributed by atoms with Crippen LogP contribution >= 0.6 is 11.8 Å². The molecule has 9 heteroatoms. The predicted molar refractivity (Wildman–Crippen MR) is 108 cm³/mol. The Morgan fingerprint density at radius 1 is 1.19 bits per heavy atom. The van der Waals surface area contributed by atoms with Crippen molar-refractivity contribution in [3.05, 3.63) is 23.3 Å². The van der Waals surface area contributed by atoms with Gasteiger partial charge in [-0.1, -0.05) is 27.7 Å². The number of nitrogens with one attached hydrogen (secondary N) is 1. The van der Waals surface area contributed by atoms with E-state index in [2.05, 4.69) is 5.32 Å². The molecule has 0 heterocycles. The van der Waals surface area contributed by atoms with E-state index in [1.807, 2.05) is 34.0 Å². The minimum absolute atomic E-state index is 0.0359. The fourth-order valence-corrected chi connectivity index (χ4v) is 3.34. The Hall–Kier alpha value is -1.29. The molecule has 1 aromatic rings. The number of anilines is 1. The van der Waals surface area contributed by atoms with E-state index in [0.29, 0.717) is 23.2 Å². The first kappa shape index (κ1) is 22.8. The van der Waals surface area contributed by atoms with E-state index in [0.717, 1.165) is 5.75 Å². The Bertz CT molecular complexity index is 705. The summed E-state index contributed by atoms with van der Waals surface area (Å²) in [4.78, 5) is 12.3. The van der Waals surface area contributed by atoms with Crippen LogP contribution in [-0.4, -0.2) is 32.4 Å². The first-order chi connectivity index (χ1) is 12.0. The highest BCUT2D eigenvalue weighted by atomic mass is 32.2. The summed E-state index contributed by atoms with van der Waals surface area (Å²) in [7, 11) is -4.16. The average molecular weight is 404 g/mol. The summed E-state index contributed by atoms with van der Waals surface area (Å²) >= 11 is 1.63. The van der Waals surface area contributed by atoms with Crippen LogP contribution in [0.15, 0.2) is 12.1 Å². The van der Waals surface area contributed by atoms with Gasteiger partial charge in [0.2, 0.25) is 5.91 Å². The molecule has 0 radical (unpaired) electrons. The van der Waals surface area contributed by atoms with Crippen molar-refractivity contribution >= 4 is 33.7 Å². The van der Waals surface area contributed by atoms with Gasteiger partial charge in [-0.2, -0.15) is 25.3 Å². The summed E-state index contributed by atoms with van der Waals surface area (Å²) in [5, 5.41) is 7.89. The molecule has 0 fully saturated rings. The van der Waals surface area contributed by atoms with Gasteiger partial charge < -0.3 is 15.2 Å². The second-order valence-corrected chi connectivity index (χ2v) is 8.88. The van der Waals surface area contributed by atoms with Crippen LogP contribution in [0.25, 0.3) is 0 Å². The van der Waals surface area contributed by atoms with Gasteiger partial charge in [0.05, 0.1) is 6.04 Å². The molecule has 26 heavy (non-hydrogen) atoms. The van der Waals surface area contributed by atoms with Crippen molar-refractivity contribution in [1.29, 1.82) is 0 Å². The topological polar surface area (TPSA) is 125 Å². The Balaban J connectivity index is 3.29. The summed E-state index contributed by atoms with van der Waals surface area (Å²) in [5.41, 5.74) is 7.78. The molecule has 0 saturated carbocycles. The molecule has 0 aliphatic heterocycles. The Labute approximate surface area is 160 Å². The number of rotatable bonds is 9. The number of hydrogen-bond acceptors (Lipinski definition) is 6. The van der Waals surface area contributed by atoms with Crippen LogP contribution in [0, 0.1) is 0 Å². The molecule has 1 rings (SSSR count). The first-order valence-electron chi connectivity index (χ1n) is 8.41. The number of carbonyl (C=O) groups is 1. The molecule has 148 valence electrons. The maximum Gasteiger partial charge on any atom is 0.380 e. The molecule has 0 spiro atoms. The van der Waals surface area contributed by atoms with E-state index in [4.69, 9.17) is 15.1 Å². The van der Waals surface area contributed by atoms with E-state index in [9.17, 15) is 13.2 Å². The lowest BCUT2D eigenvalue weighted by molar-refractivity contribution is -0.117. The summed E-state index contributed by atoms with van der Waals surface area (Å²) < 4.78 is 28.0. The van der Waals surface area contributed by atoms with Gasteiger partial charge in [0.15, 0.2) is 5.75 Å². The Kier molecular flexibility index (Phi) is 8.39. The van der Waals surface area contributed by atoms with Gasteiger partial charge in [0, 0.05) is 16.8 Å². The van der Waals surface area contributed by atoms with E-state index >= 15 is 0 Å². The Morgan fingerprint density at radius 3 is 2.08 bits per heavy atom. The number of nitrogens with two attached hydrogens (primary N) is 2. The maximum absolute atomic E-state index is 12.3. The molecule has 5 N–H and O–H groups in total. The monoisotopic (exact) mass is 403 g/mol. The first-order valence-corrected chi connectivity index (χ1v) is 11.3. The van der Waals surface area contributed by atoms with Gasteiger partial charge in [0.1, 0.15) is 0 Å². The van der Waals surface area contributed by atoms with Crippen molar-refractivity contribution in [3.63, 3.8) is 0 Å². The highest BCUT2D eigenvalue weighted by Gasteiger charge is 2.22. The van der Waals surface area contributed by atoms with Crippen LogP contribution < -0.4 is 20.4 Å². The van der Waals surface area contributed by atoms with Gasteiger partial charge in [-0.3, -0.25) is 4.79 Å². The van der Waals surface area contributed by atoms with Crippen LogP contribution in [0.4, 0.5) is 5.69 Å². The molecule has 1 atom stereocenters. The molecule has 0 unspecified atom stereocenters. The van der Waals surface area contributed by atoms with Crippen molar-refractivity contribution in [2.75, 3.05) is 17.3 Å². The molecule has 0 bridgehead atoms. The van der Waals surface area contributed by atoms with E-state index in [1.165, 1.54) is 0 Å². The SMILES string of the molecule is CSCC[C@H](N)C(=O)Nc1cc(C(C)C)c(OS(N)(=O)=O)c(C(C)C)c1. The third-order valence-electron chi connectivity index (χ3n) is 3.83. The number of hydrogen-bond donors (Lipinski definition) is 3. The quantitative estimate of drug-likeness (QED) is 0.582. The molecule has 1 aromatic carbocycles. The second-order valence-electron chi connectivity index (χ2n) is 6.75. The number of amides is 1. The largest absolute Gasteiger partial charge is 0.380 e. The van der Waals surface area contributed by atoms with Gasteiger partial charge in [-0.25, -0.2) is 0 Å². The van der Waals surface area contributed by atoms with E-state index in [1.54, 1.807) is 23.9 Å². The lowest BCUT2D eigenvalue weighted by atomic mass is 9.93. The molecule has 7 nitrogen and oxygen atoms in total. The highest BCUT2D eigenvalue weighted by molar-refractivity contribution is 7.98. The fraction of sp³-hybridized carbons (Fsp3) is 0.588. The number of carbonyl (C=O) groups excluding carboxylic acids is 1. The van der Waals surface area contributed by atoms with Gasteiger partial charge >= 0.3 is 10.3 Å². The standard InChI is InChI=1S/C17H29N3O4S2/c1-10(2)13-8-12(20-17(21)15(18)6-7-25-5)9-14(11(3)4)16(13)24-26(19,22)23/h8-11,15H,6-7,18H2,1-5H3,(H,20,21)(H2,19,22,23)/t15-/m0/s1.